The molecule has 0 amide bonds. The van der Waals surface area contributed by atoms with Crippen LogP contribution in [0.5, 0.6) is 0 Å². The number of ether oxygens (including phenoxy) is 2. The van der Waals surface area contributed by atoms with Crippen LogP contribution in [0.1, 0.15) is 18.7 Å². The zero-order chi connectivity index (χ0) is 22.4. The highest BCUT2D eigenvalue weighted by molar-refractivity contribution is 5.58. The Morgan fingerprint density at radius 1 is 1.32 bits per heavy atom. The second-order valence-electron chi connectivity index (χ2n) is 7.35. The molecule has 3 N–H and O–H groups in total. The summed E-state index contributed by atoms with van der Waals surface area (Å²) in [5.74, 6) is -4.40. The molecule has 2 aromatic heterocycles. The summed E-state index contributed by atoms with van der Waals surface area (Å²) in [6, 6.07) is 0.734. The first kappa shape index (κ1) is 21.4. The van der Waals surface area contributed by atoms with Gasteiger partial charge in [-0.15, -0.1) is 5.10 Å². The predicted octanol–water partition coefficient (Wildman–Crippen LogP) is 0.706. The molecule has 1 fully saturated rings. The van der Waals surface area contributed by atoms with Gasteiger partial charge in [0.2, 0.25) is 0 Å². The van der Waals surface area contributed by atoms with E-state index in [0.29, 0.717) is 0 Å². The van der Waals surface area contributed by atoms with Crippen LogP contribution in [0.2, 0.25) is 0 Å². The lowest BCUT2D eigenvalue weighted by molar-refractivity contribution is -0.283. The number of hydrogen-bond donors (Lipinski definition) is 3. The second kappa shape index (κ2) is 7.67. The van der Waals surface area contributed by atoms with Gasteiger partial charge in [-0.2, -0.15) is 15.4 Å². The minimum Gasteiger partial charge on any atom is -0.393 e. The number of aliphatic hydroxyl groups is 2. The normalized spacial score (nSPS) is 28.7. The molecule has 4 atom stereocenters. The lowest BCUT2D eigenvalue weighted by Gasteiger charge is -2.52. The van der Waals surface area contributed by atoms with Crippen molar-refractivity contribution in [3.8, 4) is 11.3 Å². The summed E-state index contributed by atoms with van der Waals surface area (Å²) < 4.78 is 53.6. The van der Waals surface area contributed by atoms with Gasteiger partial charge in [-0.05, 0) is 19.1 Å². The molecule has 0 saturated carbocycles. The maximum atomic E-state index is 14.3. The number of benzene rings is 1. The van der Waals surface area contributed by atoms with Gasteiger partial charge in [0, 0.05) is 12.7 Å². The average Bonchev–Trinajstić information content (AvgIpc) is 3.46. The Kier molecular flexibility index (Phi) is 5.29. The number of aromatic amines is 1. The summed E-state index contributed by atoms with van der Waals surface area (Å²) in [6.45, 7) is 0.850. The molecular weight excluding hydrogens is 421 g/mol. The molecule has 0 spiro atoms. The standard InChI is InChI=1S/C18H19F3N6O4/c1-17(8-28)18(29,13-5-22-25-24-13)16(12(30-2)7-31-17)27-6-11(23-26-27)9-3-4-10(19)15(21)14(9)20/h3-6,12,16,28-29H,7-8H2,1-2H3,(H,22,24,25). The average molecular weight is 440 g/mol. The van der Waals surface area contributed by atoms with Crippen LogP contribution in [0.4, 0.5) is 13.2 Å². The minimum atomic E-state index is -2.02. The van der Waals surface area contributed by atoms with E-state index in [9.17, 15) is 23.4 Å². The summed E-state index contributed by atoms with van der Waals surface area (Å²) in [6.07, 6.45) is 1.71. The summed E-state index contributed by atoms with van der Waals surface area (Å²) in [5, 5.41) is 39.7. The van der Waals surface area contributed by atoms with Gasteiger partial charge in [-0.25, -0.2) is 17.9 Å². The molecule has 31 heavy (non-hydrogen) atoms. The fourth-order valence-electron chi connectivity index (χ4n) is 3.84. The Morgan fingerprint density at radius 2 is 2.10 bits per heavy atom. The van der Waals surface area contributed by atoms with E-state index >= 15 is 0 Å². The maximum absolute atomic E-state index is 14.3. The molecule has 1 saturated heterocycles. The van der Waals surface area contributed by atoms with E-state index in [1.165, 1.54) is 31.1 Å². The van der Waals surface area contributed by atoms with Crippen molar-refractivity contribution in [2.75, 3.05) is 20.3 Å². The summed E-state index contributed by atoms with van der Waals surface area (Å²) in [4.78, 5) is 0. The van der Waals surface area contributed by atoms with Crippen LogP contribution in [0, 0.1) is 17.5 Å². The molecule has 166 valence electrons. The molecule has 0 aliphatic carbocycles. The molecular formula is C18H19F3N6O4. The van der Waals surface area contributed by atoms with Crippen LogP contribution in [0.3, 0.4) is 0 Å². The molecule has 4 unspecified atom stereocenters. The van der Waals surface area contributed by atoms with Gasteiger partial charge in [0.1, 0.15) is 29.1 Å². The van der Waals surface area contributed by atoms with Crippen LogP contribution >= 0.6 is 0 Å². The third-order valence-electron chi connectivity index (χ3n) is 5.67. The monoisotopic (exact) mass is 440 g/mol. The Bertz CT molecular complexity index is 1080. The number of nitrogens with one attached hydrogen (secondary N) is 1. The highest BCUT2D eigenvalue weighted by atomic mass is 19.2. The van der Waals surface area contributed by atoms with Gasteiger partial charge in [0.25, 0.3) is 0 Å². The van der Waals surface area contributed by atoms with Crippen molar-refractivity contribution < 1.29 is 32.9 Å². The molecule has 1 aliphatic rings. The quantitative estimate of drug-likeness (QED) is 0.495. The fraction of sp³-hybridized carbons (Fsp3) is 0.444. The van der Waals surface area contributed by atoms with E-state index in [2.05, 4.69) is 25.7 Å². The number of methoxy groups -OCH3 is 1. The van der Waals surface area contributed by atoms with Crippen LogP contribution in [-0.2, 0) is 15.1 Å². The van der Waals surface area contributed by atoms with Crippen molar-refractivity contribution in [3.63, 3.8) is 0 Å². The van der Waals surface area contributed by atoms with Crippen molar-refractivity contribution in [2.24, 2.45) is 0 Å². The maximum Gasteiger partial charge on any atom is 0.195 e. The van der Waals surface area contributed by atoms with E-state index in [4.69, 9.17) is 9.47 Å². The Labute approximate surface area is 173 Å². The molecule has 3 aromatic rings. The van der Waals surface area contributed by atoms with E-state index in [1.807, 2.05) is 0 Å². The van der Waals surface area contributed by atoms with Crippen molar-refractivity contribution in [2.45, 2.75) is 30.3 Å². The number of H-pyrrole nitrogens is 1. The zero-order valence-electron chi connectivity index (χ0n) is 16.5. The van der Waals surface area contributed by atoms with E-state index < -0.39 is 47.4 Å². The number of nitrogens with zero attached hydrogens (tertiary/aromatic N) is 5. The molecule has 4 rings (SSSR count). The van der Waals surface area contributed by atoms with Crippen molar-refractivity contribution in [1.29, 1.82) is 0 Å². The first-order valence-electron chi connectivity index (χ1n) is 9.18. The molecule has 1 aromatic carbocycles. The van der Waals surface area contributed by atoms with E-state index in [-0.39, 0.29) is 23.6 Å². The van der Waals surface area contributed by atoms with Crippen molar-refractivity contribution in [3.05, 3.63) is 47.7 Å². The zero-order valence-corrected chi connectivity index (χ0v) is 16.5. The van der Waals surface area contributed by atoms with Gasteiger partial charge < -0.3 is 19.7 Å². The molecule has 1 aliphatic heterocycles. The van der Waals surface area contributed by atoms with Gasteiger partial charge in [-0.3, -0.25) is 0 Å². The fourth-order valence-corrected chi connectivity index (χ4v) is 3.84. The first-order valence-corrected chi connectivity index (χ1v) is 9.18. The van der Waals surface area contributed by atoms with Gasteiger partial charge in [-0.1, -0.05) is 5.21 Å². The van der Waals surface area contributed by atoms with Crippen LogP contribution < -0.4 is 0 Å². The van der Waals surface area contributed by atoms with Gasteiger partial charge in [0.05, 0.1) is 25.6 Å². The van der Waals surface area contributed by atoms with Gasteiger partial charge in [0.15, 0.2) is 23.1 Å². The highest BCUT2D eigenvalue weighted by Crippen LogP contribution is 2.48. The third-order valence-corrected chi connectivity index (χ3v) is 5.67. The SMILES string of the molecule is COC1COC(C)(CO)C(O)(c2cn[nH]n2)C1n1cc(-c2ccc(F)c(F)c2F)nn1. The van der Waals surface area contributed by atoms with Crippen LogP contribution in [0.25, 0.3) is 11.3 Å². The molecule has 0 radical (unpaired) electrons. The Balaban J connectivity index is 1.86. The summed E-state index contributed by atoms with van der Waals surface area (Å²) in [7, 11) is 1.39. The number of aliphatic hydroxyl groups excluding tert-OH is 1. The van der Waals surface area contributed by atoms with Crippen LogP contribution in [0.15, 0.2) is 24.5 Å². The Hall–Kier alpha value is -2.87. The molecule has 13 heteroatoms. The van der Waals surface area contributed by atoms with Crippen molar-refractivity contribution in [1.82, 2.24) is 30.4 Å². The smallest absolute Gasteiger partial charge is 0.195 e. The summed E-state index contributed by atoms with van der Waals surface area (Å²) >= 11 is 0. The number of aromatic nitrogens is 6. The Morgan fingerprint density at radius 3 is 2.74 bits per heavy atom. The van der Waals surface area contributed by atoms with Gasteiger partial charge >= 0.3 is 0 Å². The topological polar surface area (TPSA) is 131 Å². The molecule has 3 heterocycles. The summed E-state index contributed by atoms with van der Waals surface area (Å²) in [5.41, 5.74) is -3.97. The number of hydrogen-bond acceptors (Lipinski definition) is 8. The first-order chi connectivity index (χ1) is 14.8. The number of rotatable bonds is 5. The number of halogens is 3. The van der Waals surface area contributed by atoms with E-state index in [1.54, 1.807) is 0 Å². The predicted molar refractivity (Wildman–Crippen MR) is 96.9 cm³/mol. The highest BCUT2D eigenvalue weighted by Gasteiger charge is 2.62. The lowest BCUT2D eigenvalue weighted by atomic mass is 9.72. The molecule has 10 nitrogen and oxygen atoms in total. The second-order valence-corrected chi connectivity index (χ2v) is 7.35. The molecule has 0 bridgehead atoms. The van der Waals surface area contributed by atoms with Crippen LogP contribution in [-0.4, -0.2) is 72.6 Å². The third kappa shape index (κ3) is 3.12. The van der Waals surface area contributed by atoms with Crippen molar-refractivity contribution >= 4 is 0 Å². The van der Waals surface area contributed by atoms with E-state index in [0.717, 1.165) is 12.1 Å². The minimum absolute atomic E-state index is 0.0341. The largest absolute Gasteiger partial charge is 0.393 e. The lowest BCUT2D eigenvalue weighted by Crippen LogP contribution is -2.66.